The van der Waals surface area contributed by atoms with Crippen LogP contribution in [0.2, 0.25) is 5.15 Å². The van der Waals surface area contributed by atoms with E-state index < -0.39 is 11.8 Å². The van der Waals surface area contributed by atoms with Crippen LogP contribution in [0.5, 0.6) is 0 Å². The van der Waals surface area contributed by atoms with Gasteiger partial charge in [-0.3, -0.25) is 9.59 Å². The van der Waals surface area contributed by atoms with Crippen molar-refractivity contribution < 1.29 is 9.59 Å². The number of halogens is 1. The molecule has 0 aromatic carbocycles. The quantitative estimate of drug-likeness (QED) is 0.641. The molecule has 5 N–H and O–H groups in total. The molecule has 0 spiro atoms. The first-order valence-corrected chi connectivity index (χ1v) is 4.86. The van der Waals surface area contributed by atoms with Crippen molar-refractivity contribution in [3.8, 4) is 0 Å². The van der Waals surface area contributed by atoms with E-state index in [4.69, 9.17) is 23.1 Å². The predicted molar refractivity (Wildman–Crippen MR) is 59.8 cm³/mol. The smallest absolute Gasteiger partial charge is 0.254 e. The molecule has 0 radical (unpaired) electrons. The van der Waals surface area contributed by atoms with Crippen LogP contribution in [0.1, 0.15) is 16.8 Å². The Morgan fingerprint density at radius 3 is 2.81 bits per heavy atom. The fourth-order valence-electron chi connectivity index (χ4n) is 1.02. The van der Waals surface area contributed by atoms with E-state index in [-0.39, 0.29) is 23.7 Å². The minimum Gasteiger partial charge on any atom is -0.397 e. The minimum atomic E-state index is -0.489. The third-order valence-electron chi connectivity index (χ3n) is 1.76. The van der Waals surface area contributed by atoms with Gasteiger partial charge in [-0.15, -0.1) is 0 Å². The van der Waals surface area contributed by atoms with Gasteiger partial charge in [0.15, 0.2) is 0 Å². The summed E-state index contributed by atoms with van der Waals surface area (Å²) in [6.07, 6.45) is 1.42. The Bertz CT molecular complexity index is 422. The van der Waals surface area contributed by atoms with Crippen LogP contribution in [0.3, 0.4) is 0 Å². The number of carbonyl (C=O) groups is 2. The number of nitrogens with one attached hydrogen (secondary N) is 1. The highest BCUT2D eigenvalue weighted by Gasteiger charge is 2.11. The summed E-state index contributed by atoms with van der Waals surface area (Å²) in [5.74, 6) is -0.928. The highest BCUT2D eigenvalue weighted by Crippen LogP contribution is 2.15. The molecule has 7 heteroatoms. The molecule has 1 rings (SSSR count). The maximum Gasteiger partial charge on any atom is 0.254 e. The van der Waals surface area contributed by atoms with Crippen LogP contribution in [-0.4, -0.2) is 23.3 Å². The molecule has 2 amide bonds. The number of pyridine rings is 1. The van der Waals surface area contributed by atoms with Crippen molar-refractivity contribution in [2.24, 2.45) is 5.73 Å². The largest absolute Gasteiger partial charge is 0.397 e. The van der Waals surface area contributed by atoms with Crippen molar-refractivity contribution in [3.63, 3.8) is 0 Å². The maximum absolute atomic E-state index is 11.6. The number of nitrogens with two attached hydrogens (primary N) is 2. The third-order valence-corrected chi connectivity index (χ3v) is 2.06. The standard InChI is InChI=1S/C9H11ClN4O2/c10-8-6(3-5(11)4-14-8)9(16)13-2-1-7(12)15/h3-4H,1-2,11H2,(H2,12,15)(H,13,16). The van der Waals surface area contributed by atoms with E-state index in [1.54, 1.807) is 0 Å². The molecular weight excluding hydrogens is 232 g/mol. The zero-order valence-corrected chi connectivity index (χ0v) is 9.12. The zero-order chi connectivity index (χ0) is 12.1. The summed E-state index contributed by atoms with van der Waals surface area (Å²) < 4.78 is 0. The summed E-state index contributed by atoms with van der Waals surface area (Å²) in [6, 6.07) is 1.41. The second kappa shape index (κ2) is 5.32. The van der Waals surface area contributed by atoms with Gasteiger partial charge in [-0.1, -0.05) is 11.6 Å². The summed E-state index contributed by atoms with van der Waals surface area (Å²) >= 11 is 5.71. The Hall–Kier alpha value is -1.82. The monoisotopic (exact) mass is 242 g/mol. The Balaban J connectivity index is 2.65. The first kappa shape index (κ1) is 12.3. The number of nitrogen functional groups attached to an aromatic ring is 1. The van der Waals surface area contributed by atoms with Crippen LogP contribution in [-0.2, 0) is 4.79 Å². The van der Waals surface area contributed by atoms with E-state index in [0.29, 0.717) is 5.69 Å². The number of rotatable bonds is 4. The molecule has 1 aromatic heterocycles. The number of carbonyl (C=O) groups excluding carboxylic acids is 2. The van der Waals surface area contributed by atoms with Crippen molar-refractivity contribution in [1.29, 1.82) is 0 Å². The zero-order valence-electron chi connectivity index (χ0n) is 8.37. The van der Waals surface area contributed by atoms with Crippen molar-refractivity contribution in [2.45, 2.75) is 6.42 Å². The van der Waals surface area contributed by atoms with Crippen LogP contribution in [0, 0.1) is 0 Å². The molecule has 86 valence electrons. The lowest BCUT2D eigenvalue weighted by Crippen LogP contribution is -2.28. The molecular formula is C9H11ClN4O2. The van der Waals surface area contributed by atoms with Crippen LogP contribution in [0.15, 0.2) is 12.3 Å². The topological polar surface area (TPSA) is 111 Å². The van der Waals surface area contributed by atoms with E-state index in [1.165, 1.54) is 12.3 Å². The highest BCUT2D eigenvalue weighted by molar-refractivity contribution is 6.32. The third kappa shape index (κ3) is 3.39. The summed E-state index contributed by atoms with van der Waals surface area (Å²) in [5, 5.41) is 2.54. The number of nitrogens with zero attached hydrogens (tertiary/aromatic N) is 1. The average Bonchev–Trinajstić information content (AvgIpc) is 2.21. The fraction of sp³-hybridized carbons (Fsp3) is 0.222. The number of amides is 2. The average molecular weight is 243 g/mol. The van der Waals surface area contributed by atoms with Gasteiger partial charge < -0.3 is 16.8 Å². The normalized spacial score (nSPS) is 9.81. The first-order valence-electron chi connectivity index (χ1n) is 4.48. The Morgan fingerprint density at radius 2 is 2.19 bits per heavy atom. The summed E-state index contributed by atoms with van der Waals surface area (Å²) in [4.78, 5) is 25.7. The van der Waals surface area contributed by atoms with Gasteiger partial charge in [-0.05, 0) is 6.07 Å². The lowest BCUT2D eigenvalue weighted by atomic mass is 10.2. The van der Waals surface area contributed by atoms with Gasteiger partial charge in [0.1, 0.15) is 5.15 Å². The molecule has 0 unspecified atom stereocenters. The van der Waals surface area contributed by atoms with Crippen molar-refractivity contribution in [2.75, 3.05) is 12.3 Å². The Kier molecular flexibility index (Phi) is 4.07. The Morgan fingerprint density at radius 1 is 1.50 bits per heavy atom. The number of hydrogen-bond acceptors (Lipinski definition) is 4. The van der Waals surface area contributed by atoms with Gasteiger partial charge in [0, 0.05) is 13.0 Å². The molecule has 0 saturated carbocycles. The molecule has 1 aromatic rings. The molecule has 0 fully saturated rings. The van der Waals surface area contributed by atoms with E-state index in [9.17, 15) is 9.59 Å². The molecule has 0 aliphatic heterocycles. The summed E-state index contributed by atoms with van der Waals surface area (Å²) in [6.45, 7) is 0.152. The molecule has 0 atom stereocenters. The number of hydrogen-bond donors (Lipinski definition) is 3. The predicted octanol–water partition coefficient (Wildman–Crippen LogP) is -0.0776. The lowest BCUT2D eigenvalue weighted by molar-refractivity contribution is -0.117. The van der Waals surface area contributed by atoms with Gasteiger partial charge in [0.25, 0.3) is 5.91 Å². The lowest BCUT2D eigenvalue weighted by Gasteiger charge is -2.05. The van der Waals surface area contributed by atoms with E-state index in [2.05, 4.69) is 10.3 Å². The van der Waals surface area contributed by atoms with Crippen molar-refractivity contribution in [3.05, 3.63) is 23.0 Å². The van der Waals surface area contributed by atoms with Crippen LogP contribution in [0.25, 0.3) is 0 Å². The van der Waals surface area contributed by atoms with Crippen LogP contribution < -0.4 is 16.8 Å². The SMILES string of the molecule is NC(=O)CCNC(=O)c1cc(N)cnc1Cl. The molecule has 16 heavy (non-hydrogen) atoms. The molecule has 0 aliphatic rings. The van der Waals surface area contributed by atoms with Crippen molar-refractivity contribution in [1.82, 2.24) is 10.3 Å². The van der Waals surface area contributed by atoms with Crippen LogP contribution >= 0.6 is 11.6 Å². The Labute approximate surface area is 97.0 Å². The fourth-order valence-corrected chi connectivity index (χ4v) is 1.21. The molecule has 0 saturated heterocycles. The van der Waals surface area contributed by atoms with E-state index in [1.807, 2.05) is 0 Å². The molecule has 1 heterocycles. The van der Waals surface area contributed by atoms with Gasteiger partial charge in [-0.25, -0.2) is 4.98 Å². The maximum atomic E-state index is 11.6. The first-order chi connectivity index (χ1) is 7.50. The molecule has 0 bridgehead atoms. The van der Waals surface area contributed by atoms with Crippen LogP contribution in [0.4, 0.5) is 5.69 Å². The van der Waals surface area contributed by atoms with E-state index >= 15 is 0 Å². The van der Waals surface area contributed by atoms with Gasteiger partial charge >= 0.3 is 0 Å². The second-order valence-electron chi connectivity index (χ2n) is 3.08. The number of primary amides is 1. The van der Waals surface area contributed by atoms with Gasteiger partial charge in [-0.2, -0.15) is 0 Å². The van der Waals surface area contributed by atoms with Gasteiger partial charge in [0.2, 0.25) is 5.91 Å². The van der Waals surface area contributed by atoms with Gasteiger partial charge in [0.05, 0.1) is 17.4 Å². The second-order valence-corrected chi connectivity index (χ2v) is 3.44. The molecule has 0 aliphatic carbocycles. The number of aromatic nitrogens is 1. The number of anilines is 1. The van der Waals surface area contributed by atoms with E-state index in [0.717, 1.165) is 0 Å². The molecule has 6 nitrogen and oxygen atoms in total. The summed E-state index contributed by atoms with van der Waals surface area (Å²) in [7, 11) is 0. The minimum absolute atomic E-state index is 0.0609. The van der Waals surface area contributed by atoms with Crippen molar-refractivity contribution >= 4 is 29.1 Å². The highest BCUT2D eigenvalue weighted by atomic mass is 35.5. The summed E-state index contributed by atoms with van der Waals surface area (Å²) in [5.41, 5.74) is 10.9.